The lowest BCUT2D eigenvalue weighted by molar-refractivity contribution is -0.143. The van der Waals surface area contributed by atoms with Crippen LogP contribution >= 0.6 is 0 Å². The van der Waals surface area contributed by atoms with Gasteiger partial charge in [-0.3, -0.25) is 9.59 Å². The molecule has 120 valence electrons. The van der Waals surface area contributed by atoms with E-state index in [9.17, 15) is 18.0 Å². The minimum Gasteiger partial charge on any atom is -0.462 e. The Bertz CT molecular complexity index is 669. The average molecular weight is 326 g/mol. The van der Waals surface area contributed by atoms with Crippen LogP contribution in [0.4, 0.5) is 5.69 Å². The van der Waals surface area contributed by atoms with Gasteiger partial charge in [-0.25, -0.2) is 13.6 Å². The van der Waals surface area contributed by atoms with E-state index < -0.39 is 10.0 Å². The molecule has 1 heterocycles. The zero-order valence-corrected chi connectivity index (χ0v) is 12.9. The molecule has 0 aromatic heterocycles. The number of anilines is 1. The molecular weight excluding hydrogens is 308 g/mol. The van der Waals surface area contributed by atoms with Gasteiger partial charge in [0.1, 0.15) is 0 Å². The first-order chi connectivity index (χ1) is 10.3. The molecule has 8 heteroatoms. The van der Waals surface area contributed by atoms with Gasteiger partial charge < -0.3 is 10.1 Å². The van der Waals surface area contributed by atoms with E-state index in [-0.39, 0.29) is 35.2 Å². The van der Waals surface area contributed by atoms with Crippen LogP contribution in [0.1, 0.15) is 26.2 Å². The third-order valence-corrected chi connectivity index (χ3v) is 4.38. The number of rotatable bonds is 5. The van der Waals surface area contributed by atoms with Crippen LogP contribution in [0.15, 0.2) is 29.2 Å². The number of carbonyl (C=O) groups excluding carboxylic acids is 2. The molecule has 0 aliphatic carbocycles. The summed E-state index contributed by atoms with van der Waals surface area (Å²) in [4.78, 5) is 23.3. The number of ether oxygens (including phenoxy) is 1. The second kappa shape index (κ2) is 6.45. The van der Waals surface area contributed by atoms with Crippen LogP contribution in [0.2, 0.25) is 0 Å². The molecule has 1 amide bonds. The standard InChI is InChI=1S/C14H18N2O5S/c1-9-8-10(14(18)21-9)2-7-13(17)16-11-3-5-12(6-4-11)22(15,19)20/h3-6,9-10H,2,7-8H2,1H3,(H,16,17)(H2,15,19,20)/t9-,10-/m0/s1. The summed E-state index contributed by atoms with van der Waals surface area (Å²) in [5.74, 6) is -0.723. The van der Waals surface area contributed by atoms with Crippen molar-refractivity contribution >= 4 is 27.6 Å². The molecule has 0 spiro atoms. The number of nitrogens with one attached hydrogen (secondary N) is 1. The maximum atomic E-state index is 11.8. The molecule has 3 N–H and O–H groups in total. The lowest BCUT2D eigenvalue weighted by Gasteiger charge is -2.07. The minimum absolute atomic E-state index is 0.0202. The molecular formula is C14H18N2O5S. The van der Waals surface area contributed by atoms with Gasteiger partial charge in [-0.05, 0) is 44.0 Å². The van der Waals surface area contributed by atoms with Gasteiger partial charge >= 0.3 is 5.97 Å². The summed E-state index contributed by atoms with van der Waals surface area (Å²) in [7, 11) is -3.74. The van der Waals surface area contributed by atoms with E-state index in [0.29, 0.717) is 18.5 Å². The van der Waals surface area contributed by atoms with Crippen molar-refractivity contribution < 1.29 is 22.7 Å². The van der Waals surface area contributed by atoms with Crippen molar-refractivity contribution in [2.24, 2.45) is 11.1 Å². The molecule has 1 aliphatic heterocycles. The van der Waals surface area contributed by atoms with Crippen molar-refractivity contribution in [1.82, 2.24) is 0 Å². The van der Waals surface area contributed by atoms with Crippen LogP contribution in [0.5, 0.6) is 0 Å². The van der Waals surface area contributed by atoms with Gasteiger partial charge in [-0.1, -0.05) is 0 Å². The van der Waals surface area contributed by atoms with E-state index in [2.05, 4.69) is 5.32 Å². The first-order valence-corrected chi connectivity index (χ1v) is 8.43. The summed E-state index contributed by atoms with van der Waals surface area (Å²) in [6.07, 6.45) is 1.18. The Labute approximate surface area is 128 Å². The number of cyclic esters (lactones) is 1. The van der Waals surface area contributed by atoms with E-state index in [1.807, 2.05) is 6.92 Å². The highest BCUT2D eigenvalue weighted by atomic mass is 32.2. The number of benzene rings is 1. The number of amides is 1. The zero-order valence-electron chi connectivity index (χ0n) is 12.1. The van der Waals surface area contributed by atoms with Gasteiger partial charge in [0, 0.05) is 12.1 Å². The van der Waals surface area contributed by atoms with Crippen molar-refractivity contribution in [1.29, 1.82) is 0 Å². The van der Waals surface area contributed by atoms with Crippen molar-refractivity contribution in [2.75, 3.05) is 5.32 Å². The Hall–Kier alpha value is -1.93. The zero-order chi connectivity index (χ0) is 16.3. The summed E-state index contributed by atoms with van der Waals surface area (Å²) >= 11 is 0. The van der Waals surface area contributed by atoms with Gasteiger partial charge in [-0.15, -0.1) is 0 Å². The minimum atomic E-state index is -3.74. The van der Waals surface area contributed by atoms with Gasteiger partial charge in [0.15, 0.2) is 0 Å². The fraction of sp³-hybridized carbons (Fsp3) is 0.429. The molecule has 1 fully saturated rings. The van der Waals surface area contributed by atoms with E-state index >= 15 is 0 Å². The maximum absolute atomic E-state index is 11.8. The predicted octanol–water partition coefficient (Wildman–Crippen LogP) is 1.00. The highest BCUT2D eigenvalue weighted by molar-refractivity contribution is 7.89. The van der Waals surface area contributed by atoms with E-state index in [4.69, 9.17) is 9.88 Å². The summed E-state index contributed by atoms with van der Waals surface area (Å²) in [5.41, 5.74) is 0.472. The summed E-state index contributed by atoms with van der Waals surface area (Å²) < 4.78 is 27.3. The van der Waals surface area contributed by atoms with Crippen molar-refractivity contribution in [3.63, 3.8) is 0 Å². The average Bonchev–Trinajstić information content (AvgIpc) is 2.74. The third-order valence-electron chi connectivity index (χ3n) is 3.45. The molecule has 1 aromatic carbocycles. The molecule has 2 rings (SSSR count). The molecule has 22 heavy (non-hydrogen) atoms. The van der Waals surface area contributed by atoms with Gasteiger partial charge in [-0.2, -0.15) is 0 Å². The van der Waals surface area contributed by atoms with E-state index in [1.54, 1.807) is 0 Å². The monoisotopic (exact) mass is 326 g/mol. The first-order valence-electron chi connectivity index (χ1n) is 6.89. The smallest absolute Gasteiger partial charge is 0.309 e. The van der Waals surface area contributed by atoms with Crippen LogP contribution in [0.3, 0.4) is 0 Å². The second-order valence-electron chi connectivity index (χ2n) is 5.34. The van der Waals surface area contributed by atoms with Gasteiger partial charge in [0.25, 0.3) is 0 Å². The Morgan fingerprint density at radius 1 is 1.36 bits per heavy atom. The lowest BCUT2D eigenvalue weighted by Crippen LogP contribution is -2.16. The maximum Gasteiger partial charge on any atom is 0.309 e. The molecule has 2 atom stereocenters. The Morgan fingerprint density at radius 2 is 2.00 bits per heavy atom. The second-order valence-corrected chi connectivity index (χ2v) is 6.90. The highest BCUT2D eigenvalue weighted by Gasteiger charge is 2.31. The Balaban J connectivity index is 1.86. The Morgan fingerprint density at radius 3 is 2.50 bits per heavy atom. The third kappa shape index (κ3) is 4.28. The molecule has 1 saturated heterocycles. The van der Waals surface area contributed by atoms with E-state index in [1.165, 1.54) is 24.3 Å². The molecule has 7 nitrogen and oxygen atoms in total. The first kappa shape index (κ1) is 16.4. The van der Waals surface area contributed by atoms with Crippen LogP contribution in [0, 0.1) is 5.92 Å². The number of esters is 1. The summed E-state index contributed by atoms with van der Waals surface area (Å²) in [6, 6.07) is 5.56. The van der Waals surface area contributed by atoms with Gasteiger partial charge in [0.05, 0.1) is 16.9 Å². The molecule has 0 radical (unpaired) electrons. The van der Waals surface area contributed by atoms with Crippen molar-refractivity contribution in [3.05, 3.63) is 24.3 Å². The van der Waals surface area contributed by atoms with Crippen LogP contribution in [-0.4, -0.2) is 26.4 Å². The molecule has 0 saturated carbocycles. The highest BCUT2D eigenvalue weighted by Crippen LogP contribution is 2.25. The SMILES string of the molecule is C[C@H]1C[C@H](CCC(=O)Nc2ccc(S(N)(=O)=O)cc2)C(=O)O1. The fourth-order valence-electron chi connectivity index (χ4n) is 2.33. The van der Waals surface area contributed by atoms with Crippen LogP contribution in [0.25, 0.3) is 0 Å². The Kier molecular flexibility index (Phi) is 4.82. The van der Waals surface area contributed by atoms with Crippen LogP contribution in [-0.2, 0) is 24.3 Å². The quantitative estimate of drug-likeness (QED) is 0.783. The topological polar surface area (TPSA) is 116 Å². The molecule has 0 bridgehead atoms. The van der Waals surface area contributed by atoms with Crippen molar-refractivity contribution in [2.45, 2.75) is 37.2 Å². The lowest BCUT2D eigenvalue weighted by atomic mass is 9.99. The predicted molar refractivity (Wildman–Crippen MR) is 79.3 cm³/mol. The number of nitrogens with two attached hydrogens (primary N) is 1. The van der Waals surface area contributed by atoms with Crippen molar-refractivity contribution in [3.8, 4) is 0 Å². The number of primary sulfonamides is 1. The normalized spacial score (nSPS) is 21.5. The number of hydrogen-bond acceptors (Lipinski definition) is 5. The van der Waals surface area contributed by atoms with Gasteiger partial charge in [0.2, 0.25) is 15.9 Å². The summed E-state index contributed by atoms with van der Waals surface area (Å²) in [6.45, 7) is 1.82. The fourth-order valence-corrected chi connectivity index (χ4v) is 2.85. The number of carbonyl (C=O) groups is 2. The molecule has 1 aromatic rings. The van der Waals surface area contributed by atoms with Crippen LogP contribution < -0.4 is 10.5 Å². The molecule has 0 unspecified atom stereocenters. The number of sulfonamides is 1. The number of hydrogen-bond donors (Lipinski definition) is 2. The molecule has 1 aliphatic rings. The van der Waals surface area contributed by atoms with E-state index in [0.717, 1.165) is 0 Å². The largest absolute Gasteiger partial charge is 0.462 e. The summed E-state index contributed by atoms with van der Waals surface area (Å²) in [5, 5.41) is 7.63.